The molecule has 2 aliphatic heterocycles. The van der Waals surface area contributed by atoms with Crippen molar-refractivity contribution in [3.05, 3.63) is 23.8 Å². The van der Waals surface area contributed by atoms with Crippen LogP contribution in [-0.2, 0) is 9.47 Å². The van der Waals surface area contributed by atoms with E-state index in [1.807, 2.05) is 0 Å². The number of nitrogens with two attached hydrogens (primary N) is 1. The zero-order valence-electron chi connectivity index (χ0n) is 13.8. The van der Waals surface area contributed by atoms with Gasteiger partial charge in [0.1, 0.15) is 11.3 Å². The quantitative estimate of drug-likeness (QED) is 0.866. The normalized spacial score (nSPS) is 33.9. The highest BCUT2D eigenvalue weighted by Crippen LogP contribution is 2.82. The highest BCUT2D eigenvalue weighted by atomic mass is 16.8. The fraction of sp³-hybridized carbons (Fsp3) is 0.471. The summed E-state index contributed by atoms with van der Waals surface area (Å²) in [6.07, 6.45) is 0. The van der Waals surface area contributed by atoms with Gasteiger partial charge >= 0.3 is 0 Å². The number of aliphatic imine (C=N–C) groups is 1. The number of amidine groups is 1. The number of rotatable bonds is 3. The Bertz CT molecular complexity index is 864. The molecule has 1 aliphatic carbocycles. The lowest BCUT2D eigenvalue weighted by Crippen LogP contribution is -2.38. The van der Waals surface area contributed by atoms with Gasteiger partial charge in [0.25, 0.3) is 5.91 Å². The summed E-state index contributed by atoms with van der Waals surface area (Å²) in [5.41, 5.74) is 4.20. The van der Waals surface area contributed by atoms with Gasteiger partial charge in [0.2, 0.25) is 0 Å². The minimum absolute atomic E-state index is 0.0678. The molecule has 2 N–H and O–H groups in total. The summed E-state index contributed by atoms with van der Waals surface area (Å²) in [6.45, 7) is 0.584. The third-order valence-electron chi connectivity index (χ3n) is 5.35. The van der Waals surface area contributed by atoms with Crippen molar-refractivity contribution in [1.82, 2.24) is 0 Å². The predicted molar refractivity (Wildman–Crippen MR) is 84.6 cm³/mol. The SMILES string of the molecule is COc1ccc([C@@H]2[C@@]3(C#N)C(N)=NC4(OCCO4)[C@@]23C#N)cc1OC. The summed E-state index contributed by atoms with van der Waals surface area (Å²) in [5.74, 6) is -0.939. The molecule has 0 radical (unpaired) electrons. The Balaban J connectivity index is 1.89. The van der Waals surface area contributed by atoms with Crippen LogP contribution in [0.2, 0.25) is 0 Å². The lowest BCUT2D eigenvalue weighted by Gasteiger charge is -2.25. The molecule has 8 heteroatoms. The Morgan fingerprint density at radius 2 is 1.84 bits per heavy atom. The van der Waals surface area contributed by atoms with Crippen LogP contribution in [-0.4, -0.2) is 39.2 Å². The number of methoxy groups -OCH3 is 2. The van der Waals surface area contributed by atoms with E-state index in [0.29, 0.717) is 24.7 Å². The predicted octanol–water partition coefficient (Wildman–Crippen LogP) is 0.892. The number of hydrogen-bond acceptors (Lipinski definition) is 8. The van der Waals surface area contributed by atoms with Crippen LogP contribution in [0.3, 0.4) is 0 Å². The van der Waals surface area contributed by atoms with E-state index in [0.717, 1.165) is 5.56 Å². The number of hydrogen-bond donors (Lipinski definition) is 1. The molecule has 1 saturated carbocycles. The van der Waals surface area contributed by atoms with Crippen LogP contribution < -0.4 is 15.2 Å². The molecule has 1 spiro atoms. The van der Waals surface area contributed by atoms with E-state index in [-0.39, 0.29) is 5.84 Å². The molecule has 2 heterocycles. The minimum atomic E-state index is -1.53. The average Bonchev–Trinajstić information content (AvgIpc) is 2.89. The molecule has 1 aromatic rings. The van der Waals surface area contributed by atoms with Gasteiger partial charge < -0.3 is 24.7 Å². The molecule has 0 amide bonds. The number of nitriles is 2. The molecule has 3 atom stereocenters. The minimum Gasteiger partial charge on any atom is -0.493 e. The first-order chi connectivity index (χ1) is 12.1. The molecule has 2 fully saturated rings. The third kappa shape index (κ3) is 1.50. The van der Waals surface area contributed by atoms with Gasteiger partial charge in [0.05, 0.1) is 39.6 Å². The van der Waals surface area contributed by atoms with Gasteiger partial charge in [-0.1, -0.05) is 6.07 Å². The topological polar surface area (TPSA) is 123 Å². The van der Waals surface area contributed by atoms with Crippen LogP contribution in [0, 0.1) is 33.5 Å². The molecule has 3 aliphatic rings. The Hall–Kier alpha value is -2.81. The maximum atomic E-state index is 10.0. The van der Waals surface area contributed by atoms with Crippen LogP contribution in [0.15, 0.2) is 23.2 Å². The zero-order chi connectivity index (χ0) is 17.9. The smallest absolute Gasteiger partial charge is 0.293 e. The lowest BCUT2D eigenvalue weighted by atomic mass is 9.94. The van der Waals surface area contributed by atoms with Gasteiger partial charge in [0, 0.05) is 5.92 Å². The van der Waals surface area contributed by atoms with Crippen molar-refractivity contribution in [3.8, 4) is 23.6 Å². The van der Waals surface area contributed by atoms with Crippen LogP contribution in [0.5, 0.6) is 11.5 Å². The molecule has 25 heavy (non-hydrogen) atoms. The van der Waals surface area contributed by atoms with Gasteiger partial charge in [-0.2, -0.15) is 10.5 Å². The fourth-order valence-corrected chi connectivity index (χ4v) is 4.25. The second-order valence-electron chi connectivity index (χ2n) is 6.16. The van der Waals surface area contributed by atoms with Crippen molar-refractivity contribution in [3.63, 3.8) is 0 Å². The van der Waals surface area contributed by atoms with Gasteiger partial charge in [0.15, 0.2) is 16.9 Å². The van der Waals surface area contributed by atoms with Crippen molar-refractivity contribution < 1.29 is 18.9 Å². The van der Waals surface area contributed by atoms with E-state index in [4.69, 9.17) is 24.7 Å². The molecule has 1 saturated heterocycles. The maximum Gasteiger partial charge on any atom is 0.293 e. The van der Waals surface area contributed by atoms with Gasteiger partial charge in [-0.05, 0) is 17.7 Å². The second-order valence-corrected chi connectivity index (χ2v) is 6.16. The highest BCUT2D eigenvalue weighted by Gasteiger charge is 2.94. The second kappa shape index (κ2) is 4.85. The summed E-state index contributed by atoms with van der Waals surface area (Å²) in [6, 6.07) is 9.72. The Morgan fingerprint density at radius 3 is 2.40 bits per heavy atom. The number of fused-ring (bicyclic) bond motifs is 2. The third-order valence-corrected chi connectivity index (χ3v) is 5.35. The van der Waals surface area contributed by atoms with Crippen LogP contribution in [0.25, 0.3) is 0 Å². The van der Waals surface area contributed by atoms with E-state index in [9.17, 15) is 10.5 Å². The van der Waals surface area contributed by atoms with E-state index < -0.39 is 22.7 Å². The molecule has 1 aromatic carbocycles. The molecular weight excluding hydrogens is 324 g/mol. The number of nitrogens with zero attached hydrogens (tertiary/aromatic N) is 3. The monoisotopic (exact) mass is 340 g/mol. The fourth-order valence-electron chi connectivity index (χ4n) is 4.25. The van der Waals surface area contributed by atoms with Crippen molar-refractivity contribution in [2.24, 2.45) is 21.6 Å². The summed E-state index contributed by atoms with van der Waals surface area (Å²) < 4.78 is 22.0. The molecule has 0 bridgehead atoms. The summed E-state index contributed by atoms with van der Waals surface area (Å²) in [5, 5.41) is 19.9. The summed E-state index contributed by atoms with van der Waals surface area (Å²) in [7, 11) is 3.06. The Labute approximate surface area is 144 Å². The molecule has 128 valence electrons. The standard InChI is InChI=1S/C17H16N4O4/c1-22-11-4-3-10(7-12(11)23-2)13-15(8-18)14(20)21-17(16(13,15)9-19)24-5-6-25-17/h3-4,7,13H,5-6H2,1-2H3,(H2,20,21)/t13-,15+,16+/m1/s1. The van der Waals surface area contributed by atoms with Gasteiger partial charge in [-0.25, -0.2) is 4.99 Å². The van der Waals surface area contributed by atoms with Crippen LogP contribution in [0.4, 0.5) is 0 Å². The number of benzene rings is 1. The summed E-state index contributed by atoms with van der Waals surface area (Å²) >= 11 is 0. The highest BCUT2D eigenvalue weighted by molar-refractivity contribution is 6.00. The van der Waals surface area contributed by atoms with Gasteiger partial charge in [-0.3, -0.25) is 0 Å². The molecule has 4 rings (SSSR count). The van der Waals surface area contributed by atoms with Crippen LogP contribution >= 0.6 is 0 Å². The van der Waals surface area contributed by atoms with Crippen molar-refractivity contribution in [2.45, 2.75) is 11.8 Å². The first kappa shape index (κ1) is 15.7. The van der Waals surface area contributed by atoms with Crippen molar-refractivity contribution >= 4 is 5.84 Å². The van der Waals surface area contributed by atoms with Crippen molar-refractivity contribution in [1.29, 1.82) is 10.5 Å². The van der Waals surface area contributed by atoms with Gasteiger partial charge in [-0.15, -0.1) is 0 Å². The van der Waals surface area contributed by atoms with E-state index in [1.165, 1.54) is 14.2 Å². The molecule has 0 aromatic heterocycles. The number of ether oxygens (including phenoxy) is 4. The first-order valence-corrected chi connectivity index (χ1v) is 7.75. The molecule has 0 unspecified atom stereocenters. The summed E-state index contributed by atoms with van der Waals surface area (Å²) in [4.78, 5) is 4.24. The van der Waals surface area contributed by atoms with Crippen molar-refractivity contribution in [2.75, 3.05) is 27.4 Å². The zero-order valence-corrected chi connectivity index (χ0v) is 13.8. The Morgan fingerprint density at radius 1 is 1.16 bits per heavy atom. The molecule has 8 nitrogen and oxygen atoms in total. The van der Waals surface area contributed by atoms with E-state index in [1.54, 1.807) is 18.2 Å². The van der Waals surface area contributed by atoms with E-state index >= 15 is 0 Å². The maximum absolute atomic E-state index is 10.0. The van der Waals surface area contributed by atoms with E-state index in [2.05, 4.69) is 17.1 Å². The molecular formula is C17H16N4O4. The lowest BCUT2D eigenvalue weighted by molar-refractivity contribution is -0.184. The largest absolute Gasteiger partial charge is 0.493 e. The van der Waals surface area contributed by atoms with Crippen LogP contribution in [0.1, 0.15) is 11.5 Å². The first-order valence-electron chi connectivity index (χ1n) is 7.75. The Kier molecular flexibility index (Phi) is 3.05. The average molecular weight is 340 g/mol.